The SMILES string of the molecule is C=CC1C[N@@]2CCC1CC2[C@@H](N)c1ccnc2ccc(OC)cc12. The Labute approximate surface area is 143 Å². The van der Waals surface area contributed by atoms with E-state index in [-0.39, 0.29) is 6.04 Å². The first-order chi connectivity index (χ1) is 11.7. The summed E-state index contributed by atoms with van der Waals surface area (Å²) in [6.07, 6.45) is 6.43. The normalized spacial score (nSPS) is 30.2. The van der Waals surface area contributed by atoms with Crippen molar-refractivity contribution in [3.8, 4) is 5.75 Å². The summed E-state index contributed by atoms with van der Waals surface area (Å²) in [6, 6.07) is 8.48. The van der Waals surface area contributed by atoms with E-state index in [4.69, 9.17) is 10.5 Å². The standard InChI is InChI=1S/C20H25N3O/c1-3-13-12-23-9-7-14(13)10-19(23)20(21)16-6-8-22-18-5-4-15(24-2)11-17(16)18/h3-6,8,11,13-14,19-20H,1,7,9-10,12,21H2,2H3/t13?,14?,19?,20-/m0/s1. The van der Waals surface area contributed by atoms with Crippen molar-refractivity contribution in [1.29, 1.82) is 0 Å². The highest BCUT2D eigenvalue weighted by atomic mass is 16.5. The quantitative estimate of drug-likeness (QED) is 0.878. The summed E-state index contributed by atoms with van der Waals surface area (Å²) >= 11 is 0. The Balaban J connectivity index is 1.69. The number of nitrogens with two attached hydrogens (primary N) is 1. The Morgan fingerprint density at radius 1 is 1.42 bits per heavy atom. The summed E-state index contributed by atoms with van der Waals surface area (Å²) in [4.78, 5) is 7.04. The summed E-state index contributed by atoms with van der Waals surface area (Å²) in [5.74, 6) is 2.20. The number of aromatic nitrogens is 1. The average Bonchev–Trinajstić information content (AvgIpc) is 2.66. The fourth-order valence-corrected chi connectivity index (χ4v) is 4.52. The van der Waals surface area contributed by atoms with Crippen LogP contribution in [0.1, 0.15) is 24.4 Å². The van der Waals surface area contributed by atoms with Crippen molar-refractivity contribution in [1.82, 2.24) is 9.88 Å². The van der Waals surface area contributed by atoms with Crippen LogP contribution in [0, 0.1) is 11.8 Å². The number of rotatable bonds is 4. The molecule has 3 aliphatic rings. The van der Waals surface area contributed by atoms with E-state index in [1.165, 1.54) is 12.0 Å². The van der Waals surface area contributed by atoms with Gasteiger partial charge in [0.05, 0.1) is 12.6 Å². The maximum Gasteiger partial charge on any atom is 0.119 e. The number of hydrogen-bond donors (Lipinski definition) is 1. The van der Waals surface area contributed by atoms with Crippen LogP contribution in [-0.4, -0.2) is 36.1 Å². The lowest BCUT2D eigenvalue weighted by Gasteiger charge is -2.51. The van der Waals surface area contributed by atoms with Crippen molar-refractivity contribution >= 4 is 10.9 Å². The molecule has 126 valence electrons. The van der Waals surface area contributed by atoms with Crippen molar-refractivity contribution in [3.63, 3.8) is 0 Å². The highest BCUT2D eigenvalue weighted by molar-refractivity contribution is 5.84. The monoisotopic (exact) mass is 323 g/mol. The number of nitrogens with zero attached hydrogens (tertiary/aromatic N) is 2. The van der Waals surface area contributed by atoms with Gasteiger partial charge in [-0.25, -0.2) is 0 Å². The first kappa shape index (κ1) is 15.6. The van der Waals surface area contributed by atoms with Crippen molar-refractivity contribution in [2.45, 2.75) is 24.9 Å². The summed E-state index contributed by atoms with van der Waals surface area (Å²) in [7, 11) is 1.69. The van der Waals surface area contributed by atoms with Gasteiger partial charge < -0.3 is 10.5 Å². The molecule has 2 N–H and O–H groups in total. The summed E-state index contributed by atoms with van der Waals surface area (Å²) in [5, 5.41) is 1.10. The van der Waals surface area contributed by atoms with Gasteiger partial charge in [-0.15, -0.1) is 6.58 Å². The number of pyridine rings is 1. The number of ether oxygens (including phenoxy) is 1. The molecule has 0 aliphatic carbocycles. The van der Waals surface area contributed by atoms with Crippen LogP contribution >= 0.6 is 0 Å². The van der Waals surface area contributed by atoms with E-state index < -0.39 is 0 Å². The minimum Gasteiger partial charge on any atom is -0.497 e. The molecular formula is C20H25N3O. The predicted octanol–water partition coefficient (Wildman–Crippen LogP) is 3.14. The van der Waals surface area contributed by atoms with E-state index in [0.717, 1.165) is 42.1 Å². The van der Waals surface area contributed by atoms with E-state index in [9.17, 15) is 0 Å². The van der Waals surface area contributed by atoms with E-state index in [0.29, 0.717) is 12.0 Å². The molecular weight excluding hydrogens is 298 g/mol. The smallest absolute Gasteiger partial charge is 0.119 e. The molecule has 1 aromatic carbocycles. The minimum atomic E-state index is -0.00354. The van der Waals surface area contributed by atoms with E-state index >= 15 is 0 Å². The van der Waals surface area contributed by atoms with Gasteiger partial charge in [-0.2, -0.15) is 0 Å². The second-order valence-electron chi connectivity index (χ2n) is 7.06. The van der Waals surface area contributed by atoms with Crippen molar-refractivity contribution in [2.75, 3.05) is 20.2 Å². The summed E-state index contributed by atoms with van der Waals surface area (Å²) in [6.45, 7) is 6.26. The Bertz CT molecular complexity index is 760. The topological polar surface area (TPSA) is 51.4 Å². The van der Waals surface area contributed by atoms with Crippen LogP contribution < -0.4 is 10.5 Å². The predicted molar refractivity (Wildman–Crippen MR) is 97.0 cm³/mol. The second kappa shape index (κ2) is 6.19. The van der Waals surface area contributed by atoms with Gasteiger partial charge in [0.2, 0.25) is 0 Å². The number of hydrogen-bond acceptors (Lipinski definition) is 4. The molecule has 4 nitrogen and oxygen atoms in total. The first-order valence-electron chi connectivity index (χ1n) is 8.76. The van der Waals surface area contributed by atoms with Crippen molar-refractivity contribution in [3.05, 3.63) is 48.7 Å². The molecule has 3 aliphatic heterocycles. The molecule has 1 aromatic heterocycles. The second-order valence-corrected chi connectivity index (χ2v) is 7.06. The molecule has 0 amide bonds. The van der Waals surface area contributed by atoms with E-state index in [1.54, 1.807) is 7.11 Å². The number of benzene rings is 1. The fraction of sp³-hybridized carbons (Fsp3) is 0.450. The maximum atomic E-state index is 6.76. The third kappa shape index (κ3) is 2.50. The number of fused-ring (bicyclic) bond motifs is 4. The van der Waals surface area contributed by atoms with Gasteiger partial charge in [-0.3, -0.25) is 9.88 Å². The van der Waals surface area contributed by atoms with Crippen molar-refractivity contribution < 1.29 is 4.74 Å². The lowest BCUT2D eigenvalue weighted by molar-refractivity contribution is 0.00749. The molecule has 2 aromatic rings. The van der Waals surface area contributed by atoms with E-state index in [2.05, 4.69) is 34.7 Å². The Kier molecular flexibility index (Phi) is 4.02. The zero-order valence-electron chi connectivity index (χ0n) is 14.2. The van der Waals surface area contributed by atoms with Gasteiger partial charge >= 0.3 is 0 Å². The van der Waals surface area contributed by atoms with Gasteiger partial charge in [-0.05, 0) is 61.1 Å². The maximum absolute atomic E-state index is 6.76. The third-order valence-electron chi connectivity index (χ3n) is 5.91. The Morgan fingerprint density at radius 3 is 3.00 bits per heavy atom. The highest BCUT2D eigenvalue weighted by Gasteiger charge is 2.41. The fourth-order valence-electron chi connectivity index (χ4n) is 4.52. The van der Waals surface area contributed by atoms with Gasteiger partial charge in [0.25, 0.3) is 0 Å². The number of methoxy groups -OCH3 is 1. The summed E-state index contributed by atoms with van der Waals surface area (Å²) < 4.78 is 5.39. The molecule has 0 saturated carbocycles. The lowest BCUT2D eigenvalue weighted by atomic mass is 9.73. The van der Waals surface area contributed by atoms with Crippen LogP contribution in [0.4, 0.5) is 0 Å². The zero-order chi connectivity index (χ0) is 16.7. The molecule has 5 atom stereocenters. The Hall–Kier alpha value is -1.91. The van der Waals surface area contributed by atoms with Crippen LogP contribution in [0.2, 0.25) is 0 Å². The van der Waals surface area contributed by atoms with Crippen molar-refractivity contribution in [2.24, 2.45) is 17.6 Å². The van der Waals surface area contributed by atoms with Crippen LogP contribution in [0.15, 0.2) is 43.1 Å². The van der Waals surface area contributed by atoms with Gasteiger partial charge in [0.15, 0.2) is 0 Å². The molecule has 0 spiro atoms. The molecule has 3 unspecified atom stereocenters. The van der Waals surface area contributed by atoms with Crippen LogP contribution in [-0.2, 0) is 0 Å². The Morgan fingerprint density at radius 2 is 2.29 bits per heavy atom. The molecule has 24 heavy (non-hydrogen) atoms. The molecule has 2 bridgehead atoms. The molecule has 3 fully saturated rings. The van der Waals surface area contributed by atoms with Crippen LogP contribution in [0.25, 0.3) is 10.9 Å². The van der Waals surface area contributed by atoms with Gasteiger partial charge in [0.1, 0.15) is 5.75 Å². The first-order valence-corrected chi connectivity index (χ1v) is 8.76. The highest BCUT2D eigenvalue weighted by Crippen LogP contribution is 2.41. The van der Waals surface area contributed by atoms with Gasteiger partial charge in [-0.1, -0.05) is 6.08 Å². The van der Waals surface area contributed by atoms with E-state index in [1.807, 2.05) is 18.3 Å². The van der Waals surface area contributed by atoms with Gasteiger partial charge in [0, 0.05) is 30.2 Å². The molecule has 3 saturated heterocycles. The molecule has 4 heterocycles. The third-order valence-corrected chi connectivity index (χ3v) is 5.91. The molecule has 0 radical (unpaired) electrons. The lowest BCUT2D eigenvalue weighted by Crippen LogP contribution is -2.56. The summed E-state index contributed by atoms with van der Waals surface area (Å²) in [5.41, 5.74) is 8.91. The van der Waals surface area contributed by atoms with Crippen LogP contribution in [0.5, 0.6) is 5.75 Å². The van der Waals surface area contributed by atoms with Crippen LogP contribution in [0.3, 0.4) is 0 Å². The molecule has 5 rings (SSSR count). The molecule has 4 heteroatoms. The zero-order valence-corrected chi connectivity index (χ0v) is 14.2. The largest absolute Gasteiger partial charge is 0.497 e. The average molecular weight is 323 g/mol. The minimum absolute atomic E-state index is 0.00354. The number of piperidine rings is 3.